The Balaban J connectivity index is 2.37. The molecule has 1 N–H and O–H groups in total. The molecular formula is C16H25NO2. The Bertz CT molecular complexity index is 425. The summed E-state index contributed by atoms with van der Waals surface area (Å²) in [6.45, 7) is 7.05. The van der Waals surface area contributed by atoms with Crippen molar-refractivity contribution in [1.29, 1.82) is 0 Å². The van der Waals surface area contributed by atoms with Crippen LogP contribution in [-0.2, 0) is 10.2 Å². The van der Waals surface area contributed by atoms with Crippen molar-refractivity contribution in [3.8, 4) is 5.75 Å². The summed E-state index contributed by atoms with van der Waals surface area (Å²) >= 11 is 0. The Hall–Kier alpha value is -1.06. The lowest BCUT2D eigenvalue weighted by Gasteiger charge is -2.43. The van der Waals surface area contributed by atoms with E-state index in [9.17, 15) is 0 Å². The van der Waals surface area contributed by atoms with Crippen LogP contribution in [0.2, 0.25) is 0 Å². The number of benzene rings is 1. The fourth-order valence-electron chi connectivity index (χ4n) is 2.65. The van der Waals surface area contributed by atoms with Gasteiger partial charge in [0.15, 0.2) is 0 Å². The third-order valence-corrected chi connectivity index (χ3v) is 4.07. The summed E-state index contributed by atoms with van der Waals surface area (Å²) in [4.78, 5) is 0. The van der Waals surface area contributed by atoms with Gasteiger partial charge in [-0.15, -0.1) is 0 Å². The van der Waals surface area contributed by atoms with Gasteiger partial charge in [0.2, 0.25) is 0 Å². The maximum absolute atomic E-state index is 5.57. The standard InChI is InChI=1S/C16H25NO2/c1-12(2)13-5-6-15(18-4)14(9-13)16(7-8-17-3)10-19-11-16/h5-6,9,12,17H,7-8,10-11H2,1-4H3. The molecule has 2 rings (SSSR count). The highest BCUT2D eigenvalue weighted by atomic mass is 16.5. The second-order valence-corrected chi connectivity index (χ2v) is 5.74. The molecule has 0 spiro atoms. The summed E-state index contributed by atoms with van der Waals surface area (Å²) in [7, 11) is 3.74. The molecule has 1 aliphatic heterocycles. The highest BCUT2D eigenvalue weighted by molar-refractivity contribution is 5.45. The van der Waals surface area contributed by atoms with E-state index in [0.717, 1.165) is 31.9 Å². The Morgan fingerprint density at radius 2 is 2.11 bits per heavy atom. The predicted molar refractivity (Wildman–Crippen MR) is 78.1 cm³/mol. The van der Waals surface area contributed by atoms with Crippen LogP contribution in [0.15, 0.2) is 18.2 Å². The van der Waals surface area contributed by atoms with E-state index in [1.165, 1.54) is 11.1 Å². The van der Waals surface area contributed by atoms with E-state index in [2.05, 4.69) is 37.4 Å². The molecule has 19 heavy (non-hydrogen) atoms. The first-order valence-corrected chi connectivity index (χ1v) is 7.04. The number of ether oxygens (including phenoxy) is 2. The van der Waals surface area contributed by atoms with E-state index in [1.807, 2.05) is 7.05 Å². The fourth-order valence-corrected chi connectivity index (χ4v) is 2.65. The SMILES string of the molecule is CNCCC1(c2cc(C(C)C)ccc2OC)COC1. The van der Waals surface area contributed by atoms with Crippen LogP contribution in [0.3, 0.4) is 0 Å². The first-order chi connectivity index (χ1) is 9.13. The van der Waals surface area contributed by atoms with Gasteiger partial charge >= 0.3 is 0 Å². The van der Waals surface area contributed by atoms with Gasteiger partial charge in [-0.1, -0.05) is 26.0 Å². The molecule has 3 heteroatoms. The summed E-state index contributed by atoms with van der Waals surface area (Å²) in [5.41, 5.74) is 2.80. The lowest BCUT2D eigenvalue weighted by molar-refractivity contribution is -0.0647. The van der Waals surface area contributed by atoms with Crippen molar-refractivity contribution in [3.05, 3.63) is 29.3 Å². The lowest BCUT2D eigenvalue weighted by Crippen LogP contribution is -2.48. The van der Waals surface area contributed by atoms with Gasteiger partial charge in [0.1, 0.15) is 5.75 Å². The Labute approximate surface area is 116 Å². The number of nitrogens with one attached hydrogen (secondary N) is 1. The van der Waals surface area contributed by atoms with Crippen LogP contribution in [0.5, 0.6) is 5.75 Å². The molecule has 0 saturated carbocycles. The molecule has 106 valence electrons. The Kier molecular flexibility index (Phi) is 4.48. The molecule has 0 amide bonds. The van der Waals surface area contributed by atoms with Crippen LogP contribution < -0.4 is 10.1 Å². The molecule has 0 bridgehead atoms. The van der Waals surface area contributed by atoms with Gasteiger partial charge < -0.3 is 14.8 Å². The fraction of sp³-hybridized carbons (Fsp3) is 0.625. The number of hydrogen-bond donors (Lipinski definition) is 1. The highest BCUT2D eigenvalue weighted by Gasteiger charge is 2.41. The first-order valence-electron chi connectivity index (χ1n) is 7.04. The summed E-state index contributed by atoms with van der Waals surface area (Å²) in [5.74, 6) is 1.52. The number of rotatable bonds is 6. The van der Waals surface area contributed by atoms with Crippen LogP contribution in [0.25, 0.3) is 0 Å². The van der Waals surface area contributed by atoms with Gasteiger partial charge in [0.25, 0.3) is 0 Å². The molecule has 0 atom stereocenters. The van der Waals surface area contributed by atoms with Gasteiger partial charge in [0, 0.05) is 11.0 Å². The largest absolute Gasteiger partial charge is 0.496 e. The van der Waals surface area contributed by atoms with Crippen molar-refractivity contribution in [2.75, 3.05) is 33.9 Å². The van der Waals surface area contributed by atoms with Crippen LogP contribution in [0.4, 0.5) is 0 Å². The number of hydrogen-bond acceptors (Lipinski definition) is 3. The minimum absolute atomic E-state index is 0.124. The molecule has 1 aromatic rings. The first kappa shape index (κ1) is 14.4. The van der Waals surface area contributed by atoms with Gasteiger partial charge in [-0.25, -0.2) is 0 Å². The zero-order valence-electron chi connectivity index (χ0n) is 12.5. The highest BCUT2D eigenvalue weighted by Crippen LogP contribution is 2.41. The summed E-state index contributed by atoms with van der Waals surface area (Å²) in [6, 6.07) is 6.57. The zero-order valence-corrected chi connectivity index (χ0v) is 12.5. The average Bonchev–Trinajstić information content (AvgIpc) is 2.37. The van der Waals surface area contributed by atoms with Crippen LogP contribution in [0, 0.1) is 0 Å². The molecule has 0 radical (unpaired) electrons. The predicted octanol–water partition coefficient (Wildman–Crippen LogP) is 2.70. The second-order valence-electron chi connectivity index (χ2n) is 5.74. The summed E-state index contributed by atoms with van der Waals surface area (Å²) in [5, 5.41) is 3.24. The summed E-state index contributed by atoms with van der Waals surface area (Å²) in [6.07, 6.45) is 1.08. The van der Waals surface area contributed by atoms with Gasteiger partial charge in [-0.05, 0) is 37.6 Å². The van der Waals surface area contributed by atoms with Gasteiger partial charge in [-0.2, -0.15) is 0 Å². The third kappa shape index (κ3) is 2.77. The number of methoxy groups -OCH3 is 1. The molecule has 1 aromatic carbocycles. The van der Waals surface area contributed by atoms with Crippen LogP contribution in [0.1, 0.15) is 37.3 Å². The van der Waals surface area contributed by atoms with E-state index in [1.54, 1.807) is 7.11 Å². The molecule has 1 aliphatic rings. The zero-order chi connectivity index (χ0) is 13.9. The monoisotopic (exact) mass is 263 g/mol. The van der Waals surface area contributed by atoms with Crippen molar-refractivity contribution in [2.45, 2.75) is 31.6 Å². The quantitative estimate of drug-likeness (QED) is 0.856. The molecular weight excluding hydrogens is 238 g/mol. The van der Waals surface area contributed by atoms with E-state index in [4.69, 9.17) is 9.47 Å². The average molecular weight is 263 g/mol. The molecule has 1 fully saturated rings. The lowest BCUT2D eigenvalue weighted by atomic mass is 9.74. The third-order valence-electron chi connectivity index (χ3n) is 4.07. The van der Waals surface area contributed by atoms with E-state index < -0.39 is 0 Å². The van der Waals surface area contributed by atoms with Crippen LogP contribution >= 0.6 is 0 Å². The van der Waals surface area contributed by atoms with Crippen molar-refractivity contribution < 1.29 is 9.47 Å². The molecule has 0 aliphatic carbocycles. The van der Waals surface area contributed by atoms with Crippen molar-refractivity contribution in [2.24, 2.45) is 0 Å². The van der Waals surface area contributed by atoms with E-state index >= 15 is 0 Å². The second kappa shape index (κ2) is 5.93. The molecule has 0 aromatic heterocycles. The normalized spacial score (nSPS) is 17.3. The van der Waals surface area contributed by atoms with Crippen molar-refractivity contribution in [3.63, 3.8) is 0 Å². The molecule has 1 saturated heterocycles. The van der Waals surface area contributed by atoms with E-state index in [0.29, 0.717) is 5.92 Å². The summed E-state index contributed by atoms with van der Waals surface area (Å²) < 4.78 is 11.1. The van der Waals surface area contributed by atoms with Gasteiger partial charge in [0.05, 0.1) is 20.3 Å². The smallest absolute Gasteiger partial charge is 0.122 e. The van der Waals surface area contributed by atoms with Crippen LogP contribution in [-0.4, -0.2) is 33.9 Å². The molecule has 1 heterocycles. The molecule has 0 unspecified atom stereocenters. The minimum Gasteiger partial charge on any atom is -0.496 e. The minimum atomic E-state index is 0.124. The molecule has 3 nitrogen and oxygen atoms in total. The maximum atomic E-state index is 5.57. The maximum Gasteiger partial charge on any atom is 0.122 e. The van der Waals surface area contributed by atoms with Gasteiger partial charge in [-0.3, -0.25) is 0 Å². The Morgan fingerprint density at radius 1 is 1.37 bits per heavy atom. The van der Waals surface area contributed by atoms with Crippen molar-refractivity contribution >= 4 is 0 Å². The van der Waals surface area contributed by atoms with E-state index in [-0.39, 0.29) is 5.41 Å². The topological polar surface area (TPSA) is 30.5 Å². The Morgan fingerprint density at radius 3 is 2.58 bits per heavy atom. The van der Waals surface area contributed by atoms with Crippen molar-refractivity contribution in [1.82, 2.24) is 5.32 Å².